The number of nitrogens with one attached hydrogen (secondary N) is 1. The maximum Gasteiger partial charge on any atom is 0.332 e. The molecular weight excluding hydrogens is 272 g/mol. The number of hydrogen-bond acceptors (Lipinski definition) is 5. The third-order valence-electron chi connectivity index (χ3n) is 2.70. The molecule has 0 saturated heterocycles. The van der Waals surface area contributed by atoms with Crippen LogP contribution in [-0.4, -0.2) is 37.7 Å². The Kier molecular flexibility index (Phi) is 8.08. The number of ether oxygens (including phenoxy) is 2. The number of nitrogens with two attached hydrogens (primary N) is 1. The first-order valence-electron chi connectivity index (χ1n) is 6.96. The Morgan fingerprint density at radius 3 is 2.67 bits per heavy atom. The van der Waals surface area contributed by atoms with Crippen LogP contribution in [0.5, 0.6) is 0 Å². The topological polar surface area (TPSA) is 90.7 Å². The Morgan fingerprint density at radius 2 is 2.00 bits per heavy atom. The van der Waals surface area contributed by atoms with Gasteiger partial charge in [-0.25, -0.2) is 4.79 Å². The van der Waals surface area contributed by atoms with Crippen LogP contribution in [-0.2, 0) is 25.7 Å². The van der Waals surface area contributed by atoms with E-state index >= 15 is 0 Å². The highest BCUT2D eigenvalue weighted by Gasteiger charge is 2.22. The van der Waals surface area contributed by atoms with E-state index < -0.39 is 17.9 Å². The predicted octanol–water partition coefficient (Wildman–Crippen LogP) is 0.600. The summed E-state index contributed by atoms with van der Waals surface area (Å²) < 4.78 is 10.1. The minimum atomic E-state index is -1.27. The van der Waals surface area contributed by atoms with Crippen LogP contribution >= 0.6 is 0 Å². The van der Waals surface area contributed by atoms with Gasteiger partial charge in [-0.2, -0.15) is 0 Å². The average Bonchev–Trinajstić information content (AvgIpc) is 2.51. The van der Waals surface area contributed by atoms with Crippen molar-refractivity contribution in [1.29, 1.82) is 0 Å². The van der Waals surface area contributed by atoms with E-state index in [-0.39, 0.29) is 6.61 Å². The zero-order valence-electron chi connectivity index (χ0n) is 12.2. The first-order chi connectivity index (χ1) is 10.1. The van der Waals surface area contributed by atoms with Gasteiger partial charge in [-0.15, -0.1) is 0 Å². The first kappa shape index (κ1) is 17.1. The van der Waals surface area contributed by atoms with Gasteiger partial charge in [-0.1, -0.05) is 30.3 Å². The highest BCUT2D eigenvalue weighted by molar-refractivity contribution is 6.01. The fourth-order valence-corrected chi connectivity index (χ4v) is 1.60. The van der Waals surface area contributed by atoms with Crippen LogP contribution in [0.15, 0.2) is 30.3 Å². The van der Waals surface area contributed by atoms with E-state index in [2.05, 4.69) is 10.1 Å². The molecular formula is C15H22N2O4. The number of benzene rings is 1. The van der Waals surface area contributed by atoms with Crippen molar-refractivity contribution in [3.8, 4) is 0 Å². The molecule has 0 aliphatic carbocycles. The lowest BCUT2D eigenvalue weighted by molar-refractivity contribution is -0.147. The summed E-state index contributed by atoms with van der Waals surface area (Å²) in [7, 11) is 0. The summed E-state index contributed by atoms with van der Waals surface area (Å²) in [6.45, 7) is 3.32. The summed E-state index contributed by atoms with van der Waals surface area (Å²) in [5.41, 5.74) is 6.55. The number of rotatable bonds is 9. The Balaban J connectivity index is 2.08. The molecule has 0 spiro atoms. The van der Waals surface area contributed by atoms with Gasteiger partial charge < -0.3 is 20.5 Å². The van der Waals surface area contributed by atoms with Crippen LogP contribution in [0.3, 0.4) is 0 Å². The molecule has 0 heterocycles. The third kappa shape index (κ3) is 6.87. The van der Waals surface area contributed by atoms with E-state index in [9.17, 15) is 9.59 Å². The van der Waals surface area contributed by atoms with Gasteiger partial charge in [0.15, 0.2) is 6.04 Å². The summed E-state index contributed by atoms with van der Waals surface area (Å²) in [4.78, 5) is 22.8. The highest BCUT2D eigenvalue weighted by Crippen LogP contribution is 2.00. The van der Waals surface area contributed by atoms with Crippen molar-refractivity contribution in [3.05, 3.63) is 35.9 Å². The van der Waals surface area contributed by atoms with Gasteiger partial charge in [0, 0.05) is 13.2 Å². The number of esters is 1. The summed E-state index contributed by atoms with van der Waals surface area (Å²) in [6, 6.07) is 8.56. The number of carbonyl (C=O) groups excluding carboxylic acids is 2. The van der Waals surface area contributed by atoms with Gasteiger partial charge in [-0.05, 0) is 18.9 Å². The molecule has 0 aliphatic heterocycles. The van der Waals surface area contributed by atoms with Gasteiger partial charge in [0.2, 0.25) is 5.91 Å². The van der Waals surface area contributed by atoms with Gasteiger partial charge in [0.1, 0.15) is 0 Å². The van der Waals surface area contributed by atoms with E-state index in [0.29, 0.717) is 26.2 Å². The fourth-order valence-electron chi connectivity index (χ4n) is 1.60. The molecule has 6 nitrogen and oxygen atoms in total. The maximum absolute atomic E-state index is 11.5. The fraction of sp³-hybridized carbons (Fsp3) is 0.467. The van der Waals surface area contributed by atoms with Crippen LogP contribution in [0.2, 0.25) is 0 Å². The van der Waals surface area contributed by atoms with Crippen molar-refractivity contribution in [2.75, 3.05) is 19.8 Å². The van der Waals surface area contributed by atoms with E-state index in [1.54, 1.807) is 6.92 Å². The number of amides is 1. The van der Waals surface area contributed by atoms with Gasteiger partial charge in [0.25, 0.3) is 0 Å². The Morgan fingerprint density at radius 1 is 1.29 bits per heavy atom. The smallest absolute Gasteiger partial charge is 0.332 e. The third-order valence-corrected chi connectivity index (χ3v) is 2.70. The van der Waals surface area contributed by atoms with E-state index in [0.717, 1.165) is 5.56 Å². The zero-order valence-corrected chi connectivity index (χ0v) is 12.2. The lowest BCUT2D eigenvalue weighted by Gasteiger charge is -2.11. The van der Waals surface area contributed by atoms with E-state index in [1.807, 2.05) is 30.3 Å². The predicted molar refractivity (Wildman–Crippen MR) is 78.3 cm³/mol. The molecule has 0 fully saturated rings. The molecule has 6 heteroatoms. The summed E-state index contributed by atoms with van der Waals surface area (Å²) in [6.07, 6.45) is 0.647. The minimum Gasteiger partial charge on any atom is -0.464 e. The number of hydrogen-bond donors (Lipinski definition) is 2. The van der Waals surface area contributed by atoms with Crippen molar-refractivity contribution in [3.63, 3.8) is 0 Å². The summed E-state index contributed by atoms with van der Waals surface area (Å²) in [5.74, 6) is -1.24. The van der Waals surface area contributed by atoms with Crippen molar-refractivity contribution in [1.82, 2.24) is 5.32 Å². The van der Waals surface area contributed by atoms with Crippen LogP contribution in [0, 0.1) is 0 Å². The molecule has 3 N–H and O–H groups in total. The second-order valence-corrected chi connectivity index (χ2v) is 4.41. The molecule has 21 heavy (non-hydrogen) atoms. The SMILES string of the molecule is CCOC(=O)C(N)C(=O)NCCCOCc1ccccc1. The molecule has 0 saturated carbocycles. The molecule has 1 aromatic rings. The second kappa shape index (κ2) is 9.90. The molecule has 1 unspecified atom stereocenters. The van der Waals surface area contributed by atoms with Gasteiger partial charge >= 0.3 is 5.97 Å². The van der Waals surface area contributed by atoms with Gasteiger partial charge in [-0.3, -0.25) is 4.79 Å². The van der Waals surface area contributed by atoms with E-state index in [1.165, 1.54) is 0 Å². The maximum atomic E-state index is 11.5. The summed E-state index contributed by atoms with van der Waals surface area (Å²) >= 11 is 0. The molecule has 0 radical (unpaired) electrons. The largest absolute Gasteiger partial charge is 0.464 e. The zero-order chi connectivity index (χ0) is 15.5. The van der Waals surface area contributed by atoms with Crippen LogP contribution in [0.1, 0.15) is 18.9 Å². The normalized spacial score (nSPS) is 11.7. The quantitative estimate of drug-likeness (QED) is 0.395. The highest BCUT2D eigenvalue weighted by atomic mass is 16.5. The molecule has 0 aromatic heterocycles. The van der Waals surface area contributed by atoms with Gasteiger partial charge in [0.05, 0.1) is 13.2 Å². The van der Waals surface area contributed by atoms with E-state index in [4.69, 9.17) is 10.5 Å². The second-order valence-electron chi connectivity index (χ2n) is 4.41. The van der Waals surface area contributed by atoms with Crippen LogP contribution in [0.4, 0.5) is 0 Å². The Labute approximate surface area is 124 Å². The standard InChI is InChI=1S/C15H22N2O4/c1-2-21-15(19)13(16)14(18)17-9-6-10-20-11-12-7-4-3-5-8-12/h3-5,7-8,13H,2,6,9-11,16H2,1H3,(H,17,18). The van der Waals surface area contributed by atoms with Crippen LogP contribution < -0.4 is 11.1 Å². The number of carbonyl (C=O) groups is 2. The Bertz CT molecular complexity index is 437. The van der Waals surface area contributed by atoms with Crippen molar-refractivity contribution >= 4 is 11.9 Å². The lowest BCUT2D eigenvalue weighted by atomic mass is 10.2. The molecule has 0 bridgehead atoms. The molecule has 1 aromatic carbocycles. The van der Waals surface area contributed by atoms with Crippen LogP contribution in [0.25, 0.3) is 0 Å². The lowest BCUT2D eigenvalue weighted by Crippen LogP contribution is -2.47. The average molecular weight is 294 g/mol. The monoisotopic (exact) mass is 294 g/mol. The molecule has 1 atom stereocenters. The van der Waals surface area contributed by atoms with Crippen molar-refractivity contribution in [2.24, 2.45) is 5.73 Å². The first-order valence-corrected chi connectivity index (χ1v) is 6.96. The molecule has 116 valence electrons. The summed E-state index contributed by atoms with van der Waals surface area (Å²) in [5, 5.41) is 2.58. The van der Waals surface area contributed by atoms with Crippen molar-refractivity contribution in [2.45, 2.75) is 26.0 Å². The minimum absolute atomic E-state index is 0.202. The molecule has 1 amide bonds. The van der Waals surface area contributed by atoms with Crippen molar-refractivity contribution < 1.29 is 19.1 Å². The Hall–Kier alpha value is -1.92. The molecule has 0 aliphatic rings. The molecule has 1 rings (SSSR count).